The van der Waals surface area contributed by atoms with Crippen LogP contribution < -0.4 is 11.2 Å². The van der Waals surface area contributed by atoms with E-state index >= 15 is 0 Å². The fourth-order valence-electron chi connectivity index (χ4n) is 2.64. The van der Waals surface area contributed by atoms with Gasteiger partial charge in [-0.25, -0.2) is 4.79 Å². The van der Waals surface area contributed by atoms with Gasteiger partial charge in [-0.15, -0.1) is 0 Å². The summed E-state index contributed by atoms with van der Waals surface area (Å²) >= 11 is 0. The Labute approximate surface area is 120 Å². The Kier molecular flexibility index (Phi) is 4.59. The molecule has 116 valence electrons. The van der Waals surface area contributed by atoms with Crippen molar-refractivity contribution in [1.29, 1.82) is 0 Å². The van der Waals surface area contributed by atoms with Crippen LogP contribution in [-0.4, -0.2) is 39.4 Å². The molecule has 0 amide bonds. The van der Waals surface area contributed by atoms with E-state index in [0.29, 0.717) is 6.42 Å². The van der Waals surface area contributed by atoms with Gasteiger partial charge in [-0.2, -0.15) is 0 Å². The van der Waals surface area contributed by atoms with Gasteiger partial charge in [0.2, 0.25) is 0 Å². The number of esters is 1. The fraction of sp³-hybridized carbons (Fsp3) is 0.615. The van der Waals surface area contributed by atoms with Crippen LogP contribution in [0.25, 0.3) is 0 Å². The minimum Gasteiger partial charge on any atom is -0.457 e. The van der Waals surface area contributed by atoms with Gasteiger partial charge in [0, 0.05) is 25.1 Å². The molecule has 21 heavy (non-hydrogen) atoms. The van der Waals surface area contributed by atoms with Crippen molar-refractivity contribution in [2.75, 3.05) is 6.61 Å². The molecule has 2 rings (SSSR count). The molecule has 0 unspecified atom stereocenters. The van der Waals surface area contributed by atoms with Gasteiger partial charge in [-0.3, -0.25) is 19.1 Å². The smallest absolute Gasteiger partial charge is 0.330 e. The lowest BCUT2D eigenvalue weighted by Gasteiger charge is -2.23. The summed E-state index contributed by atoms with van der Waals surface area (Å²) in [5.41, 5.74) is -1.18. The number of aromatic nitrogens is 2. The first-order valence-electron chi connectivity index (χ1n) is 6.73. The van der Waals surface area contributed by atoms with E-state index in [1.54, 1.807) is 0 Å². The van der Waals surface area contributed by atoms with Crippen molar-refractivity contribution in [3.63, 3.8) is 0 Å². The summed E-state index contributed by atoms with van der Waals surface area (Å²) in [7, 11) is 0. The standard InChI is InChI=1S/C13H18N2O6/c1-3-8-9(6-16)21-12(11(8)20-7(2)17)15-5-4-10(18)14-13(15)19/h4-5,8-9,11-12,16H,3,6H2,1-2H3,(H,14,18,19)/t8-,9-,11-,12-/m1/s1. The number of aliphatic hydroxyl groups excluding tert-OH is 1. The van der Waals surface area contributed by atoms with Crippen molar-refractivity contribution in [3.05, 3.63) is 33.1 Å². The van der Waals surface area contributed by atoms with Crippen molar-refractivity contribution in [3.8, 4) is 0 Å². The van der Waals surface area contributed by atoms with Crippen molar-refractivity contribution < 1.29 is 19.4 Å². The number of hydrogen-bond donors (Lipinski definition) is 2. The van der Waals surface area contributed by atoms with Gasteiger partial charge in [0.05, 0.1) is 12.7 Å². The number of nitrogens with one attached hydrogen (secondary N) is 1. The first kappa shape index (κ1) is 15.5. The van der Waals surface area contributed by atoms with E-state index in [-0.39, 0.29) is 12.5 Å². The van der Waals surface area contributed by atoms with E-state index in [1.165, 1.54) is 19.2 Å². The predicted molar refractivity (Wildman–Crippen MR) is 71.7 cm³/mol. The maximum absolute atomic E-state index is 11.9. The van der Waals surface area contributed by atoms with Crippen LogP contribution >= 0.6 is 0 Å². The zero-order valence-corrected chi connectivity index (χ0v) is 11.8. The summed E-state index contributed by atoms with van der Waals surface area (Å²) in [6, 6.07) is 1.18. The van der Waals surface area contributed by atoms with Gasteiger partial charge in [-0.05, 0) is 6.42 Å². The van der Waals surface area contributed by atoms with Crippen molar-refractivity contribution in [2.45, 2.75) is 38.7 Å². The lowest BCUT2D eigenvalue weighted by molar-refractivity contribution is -0.154. The second-order valence-electron chi connectivity index (χ2n) is 4.91. The van der Waals surface area contributed by atoms with Crippen LogP contribution in [0.15, 0.2) is 21.9 Å². The Bertz CT molecular complexity index is 622. The van der Waals surface area contributed by atoms with Crippen molar-refractivity contribution in [1.82, 2.24) is 9.55 Å². The van der Waals surface area contributed by atoms with Crippen LogP contribution in [0.5, 0.6) is 0 Å². The number of rotatable bonds is 4. The van der Waals surface area contributed by atoms with Gasteiger partial charge in [0.1, 0.15) is 0 Å². The highest BCUT2D eigenvalue weighted by Crippen LogP contribution is 2.37. The fourth-order valence-corrected chi connectivity index (χ4v) is 2.64. The number of carbonyl (C=O) groups is 1. The average Bonchev–Trinajstić information content (AvgIpc) is 2.75. The Balaban J connectivity index is 2.41. The molecule has 0 aliphatic carbocycles. The number of nitrogens with zero attached hydrogens (tertiary/aromatic N) is 1. The summed E-state index contributed by atoms with van der Waals surface area (Å²) in [6.45, 7) is 2.90. The highest BCUT2D eigenvalue weighted by Gasteiger charge is 2.46. The summed E-state index contributed by atoms with van der Waals surface area (Å²) in [6.07, 6.45) is -0.219. The summed E-state index contributed by atoms with van der Waals surface area (Å²) in [4.78, 5) is 36.4. The molecule has 0 saturated carbocycles. The molecule has 8 heteroatoms. The summed E-state index contributed by atoms with van der Waals surface area (Å²) in [5.74, 6) is -0.731. The third kappa shape index (κ3) is 3.06. The maximum atomic E-state index is 11.9. The van der Waals surface area contributed by atoms with Crippen molar-refractivity contribution in [2.24, 2.45) is 5.92 Å². The number of hydrogen-bond acceptors (Lipinski definition) is 6. The molecular formula is C13H18N2O6. The van der Waals surface area contributed by atoms with Crippen LogP contribution in [-0.2, 0) is 14.3 Å². The summed E-state index contributed by atoms with van der Waals surface area (Å²) < 4.78 is 12.1. The zero-order chi connectivity index (χ0) is 15.6. The van der Waals surface area contributed by atoms with Gasteiger partial charge < -0.3 is 14.6 Å². The van der Waals surface area contributed by atoms with E-state index in [9.17, 15) is 19.5 Å². The topological polar surface area (TPSA) is 111 Å². The van der Waals surface area contributed by atoms with Crippen LogP contribution in [0, 0.1) is 5.92 Å². The quantitative estimate of drug-likeness (QED) is 0.717. The lowest BCUT2D eigenvalue weighted by atomic mass is 9.95. The lowest BCUT2D eigenvalue weighted by Crippen LogP contribution is -2.38. The van der Waals surface area contributed by atoms with E-state index in [2.05, 4.69) is 4.98 Å². The van der Waals surface area contributed by atoms with E-state index in [0.717, 1.165) is 4.57 Å². The molecule has 8 nitrogen and oxygen atoms in total. The SMILES string of the molecule is CC[C@H]1[C@@H](OC(C)=O)[C@H](n2ccc(=O)[nH]c2=O)O[C@@H]1CO. The van der Waals surface area contributed by atoms with Gasteiger partial charge >= 0.3 is 11.7 Å². The maximum Gasteiger partial charge on any atom is 0.330 e. The van der Waals surface area contributed by atoms with E-state index in [4.69, 9.17) is 9.47 Å². The first-order chi connectivity index (χ1) is 9.97. The molecule has 2 heterocycles. The van der Waals surface area contributed by atoms with Crippen LogP contribution in [0.3, 0.4) is 0 Å². The van der Waals surface area contributed by atoms with Crippen molar-refractivity contribution >= 4 is 5.97 Å². The van der Waals surface area contributed by atoms with Gasteiger partial charge in [-0.1, -0.05) is 6.92 Å². The zero-order valence-electron chi connectivity index (χ0n) is 11.8. The molecule has 0 bridgehead atoms. The Morgan fingerprint density at radius 3 is 2.76 bits per heavy atom. The minimum atomic E-state index is -0.875. The molecule has 4 atom stereocenters. The largest absolute Gasteiger partial charge is 0.457 e. The molecule has 1 aliphatic heterocycles. The normalized spacial score (nSPS) is 28.5. The number of H-pyrrole nitrogens is 1. The molecule has 2 N–H and O–H groups in total. The molecule has 0 radical (unpaired) electrons. The molecule has 1 aliphatic rings. The Morgan fingerprint density at radius 2 is 2.24 bits per heavy atom. The number of aromatic amines is 1. The van der Waals surface area contributed by atoms with E-state index in [1.807, 2.05) is 6.92 Å². The average molecular weight is 298 g/mol. The molecular weight excluding hydrogens is 280 g/mol. The molecule has 1 fully saturated rings. The number of aliphatic hydroxyl groups is 1. The number of ether oxygens (including phenoxy) is 2. The highest BCUT2D eigenvalue weighted by molar-refractivity contribution is 5.66. The molecule has 0 spiro atoms. The van der Waals surface area contributed by atoms with Crippen LogP contribution in [0.4, 0.5) is 0 Å². The monoisotopic (exact) mass is 298 g/mol. The minimum absolute atomic E-state index is 0.234. The van der Waals surface area contributed by atoms with E-state index < -0.39 is 35.7 Å². The van der Waals surface area contributed by atoms with Crippen LogP contribution in [0.2, 0.25) is 0 Å². The van der Waals surface area contributed by atoms with Gasteiger partial charge in [0.15, 0.2) is 12.3 Å². The second kappa shape index (κ2) is 6.23. The van der Waals surface area contributed by atoms with Crippen LogP contribution in [0.1, 0.15) is 26.5 Å². The Hall–Kier alpha value is -1.93. The Morgan fingerprint density at radius 1 is 1.52 bits per heavy atom. The molecule has 1 saturated heterocycles. The highest BCUT2D eigenvalue weighted by atomic mass is 16.6. The molecule has 0 aromatic carbocycles. The second-order valence-corrected chi connectivity index (χ2v) is 4.91. The molecule has 1 aromatic rings. The third-order valence-corrected chi connectivity index (χ3v) is 3.57. The first-order valence-corrected chi connectivity index (χ1v) is 6.73. The predicted octanol–water partition coefficient (Wildman–Crippen LogP) is -0.616. The number of carbonyl (C=O) groups excluding carboxylic acids is 1. The van der Waals surface area contributed by atoms with Gasteiger partial charge in [0.25, 0.3) is 5.56 Å². The third-order valence-electron chi connectivity index (χ3n) is 3.57. The molecule has 1 aromatic heterocycles. The summed E-state index contributed by atoms with van der Waals surface area (Å²) in [5, 5.41) is 9.39.